The quantitative estimate of drug-likeness (QED) is 0.580. The van der Waals surface area contributed by atoms with Gasteiger partial charge in [0.15, 0.2) is 0 Å². The van der Waals surface area contributed by atoms with E-state index in [1.165, 1.54) is 23.1 Å². The highest BCUT2D eigenvalue weighted by Crippen LogP contribution is 2.19. The summed E-state index contributed by atoms with van der Waals surface area (Å²) in [6.45, 7) is 1.68. The summed E-state index contributed by atoms with van der Waals surface area (Å²) in [5, 5.41) is 9.19. The fourth-order valence-corrected chi connectivity index (χ4v) is 3.96. The molecule has 0 radical (unpaired) electrons. The van der Waals surface area contributed by atoms with Crippen molar-refractivity contribution in [2.45, 2.75) is 17.9 Å². The van der Waals surface area contributed by atoms with E-state index in [9.17, 15) is 13.5 Å². The smallest absolute Gasteiger partial charge is 0.214 e. The van der Waals surface area contributed by atoms with E-state index in [1.807, 2.05) is 12.1 Å². The van der Waals surface area contributed by atoms with Gasteiger partial charge < -0.3 is 10.8 Å². The lowest BCUT2D eigenvalue weighted by atomic mass is 10.3. The van der Waals surface area contributed by atoms with E-state index in [0.29, 0.717) is 11.4 Å². The molecule has 0 aliphatic carbocycles. The van der Waals surface area contributed by atoms with Crippen molar-refractivity contribution >= 4 is 27.5 Å². The molecular weight excluding hydrogens is 284 g/mol. The highest BCUT2D eigenvalue weighted by Gasteiger charge is 2.18. The van der Waals surface area contributed by atoms with Crippen molar-refractivity contribution in [3.8, 4) is 0 Å². The standard InChI is InChI=1S/C12H20N2O3S2/c1-10(15)9-14(2)19(16,17)8-7-18-12-5-3-11(13)4-6-12/h3-6,10,15H,7-9,13H2,1-2H3. The molecule has 0 saturated heterocycles. The largest absolute Gasteiger partial charge is 0.399 e. The Balaban J connectivity index is 2.45. The van der Waals surface area contributed by atoms with Gasteiger partial charge in [-0.3, -0.25) is 0 Å². The molecule has 1 atom stereocenters. The number of likely N-dealkylation sites (N-methyl/N-ethyl adjacent to an activating group) is 1. The van der Waals surface area contributed by atoms with Gasteiger partial charge in [-0.15, -0.1) is 11.8 Å². The van der Waals surface area contributed by atoms with Crippen LogP contribution in [0, 0.1) is 0 Å². The topological polar surface area (TPSA) is 83.6 Å². The Morgan fingerprint density at radius 3 is 2.47 bits per heavy atom. The molecule has 0 spiro atoms. The number of nitrogens with zero attached hydrogens (tertiary/aromatic N) is 1. The third-order valence-corrected chi connectivity index (χ3v) is 5.58. The lowest BCUT2D eigenvalue weighted by molar-refractivity contribution is 0.171. The number of aliphatic hydroxyl groups is 1. The Bertz CT molecular complexity index is 486. The van der Waals surface area contributed by atoms with E-state index in [0.717, 1.165) is 4.90 Å². The third kappa shape index (κ3) is 5.82. The molecule has 5 nitrogen and oxygen atoms in total. The van der Waals surface area contributed by atoms with Gasteiger partial charge >= 0.3 is 0 Å². The van der Waals surface area contributed by atoms with Crippen LogP contribution in [0.1, 0.15) is 6.92 Å². The number of aliphatic hydroxyl groups excluding tert-OH is 1. The second-order valence-corrected chi connectivity index (χ2v) is 7.73. The Morgan fingerprint density at radius 2 is 1.95 bits per heavy atom. The maximum absolute atomic E-state index is 11.9. The van der Waals surface area contributed by atoms with Gasteiger partial charge in [0.05, 0.1) is 11.9 Å². The second-order valence-electron chi connectivity index (χ2n) is 4.36. The van der Waals surface area contributed by atoms with Gasteiger partial charge in [-0.2, -0.15) is 0 Å². The van der Waals surface area contributed by atoms with Crippen molar-refractivity contribution in [2.75, 3.05) is 30.8 Å². The van der Waals surface area contributed by atoms with Crippen LogP contribution < -0.4 is 5.73 Å². The third-order valence-electron chi connectivity index (χ3n) is 2.49. The number of sulfonamides is 1. The molecule has 0 amide bonds. The summed E-state index contributed by atoms with van der Waals surface area (Å²) in [5.41, 5.74) is 6.26. The predicted octanol–water partition coefficient (Wildman–Crippen LogP) is 1.00. The maximum Gasteiger partial charge on any atom is 0.214 e. The van der Waals surface area contributed by atoms with E-state index < -0.39 is 16.1 Å². The molecule has 3 N–H and O–H groups in total. The Kier molecular flexibility index (Phi) is 6.12. The Labute approximate surface area is 118 Å². The summed E-state index contributed by atoms with van der Waals surface area (Å²) in [6.07, 6.45) is -0.662. The highest BCUT2D eigenvalue weighted by atomic mass is 32.2. The average Bonchev–Trinajstić information content (AvgIpc) is 2.30. The van der Waals surface area contributed by atoms with Crippen LogP contribution in [0.4, 0.5) is 5.69 Å². The number of anilines is 1. The van der Waals surface area contributed by atoms with Gasteiger partial charge in [-0.1, -0.05) is 0 Å². The van der Waals surface area contributed by atoms with Gasteiger partial charge in [-0.05, 0) is 31.2 Å². The fraction of sp³-hybridized carbons (Fsp3) is 0.500. The molecular formula is C12H20N2O3S2. The summed E-state index contributed by atoms with van der Waals surface area (Å²) < 4.78 is 25.0. The van der Waals surface area contributed by atoms with Crippen molar-refractivity contribution in [1.29, 1.82) is 0 Å². The van der Waals surface area contributed by atoms with E-state index in [4.69, 9.17) is 5.73 Å². The first-order valence-corrected chi connectivity index (χ1v) is 8.51. The lowest BCUT2D eigenvalue weighted by Gasteiger charge is -2.18. The van der Waals surface area contributed by atoms with Crippen molar-refractivity contribution in [3.05, 3.63) is 24.3 Å². The van der Waals surface area contributed by atoms with Crippen LogP contribution in [-0.2, 0) is 10.0 Å². The lowest BCUT2D eigenvalue weighted by Crippen LogP contribution is -2.35. The van der Waals surface area contributed by atoms with Crippen LogP contribution in [0.15, 0.2) is 29.2 Å². The van der Waals surface area contributed by atoms with Gasteiger partial charge in [0.1, 0.15) is 0 Å². The summed E-state index contributed by atoms with van der Waals surface area (Å²) in [5.74, 6) is 0.516. The number of nitrogen functional groups attached to an aromatic ring is 1. The highest BCUT2D eigenvalue weighted by molar-refractivity contribution is 8.00. The Morgan fingerprint density at radius 1 is 1.37 bits per heavy atom. The molecule has 0 fully saturated rings. The van der Waals surface area contributed by atoms with Crippen LogP contribution in [0.3, 0.4) is 0 Å². The van der Waals surface area contributed by atoms with Gasteiger partial charge in [-0.25, -0.2) is 12.7 Å². The summed E-state index contributed by atoms with van der Waals surface area (Å²) in [4.78, 5) is 0.988. The minimum Gasteiger partial charge on any atom is -0.399 e. The molecule has 19 heavy (non-hydrogen) atoms. The van der Waals surface area contributed by atoms with Crippen molar-refractivity contribution in [3.63, 3.8) is 0 Å². The molecule has 1 aromatic carbocycles. The van der Waals surface area contributed by atoms with E-state index in [2.05, 4.69) is 0 Å². The van der Waals surface area contributed by atoms with Gasteiger partial charge in [0.25, 0.3) is 0 Å². The minimum absolute atomic E-state index is 0.0469. The molecule has 0 heterocycles. The van der Waals surface area contributed by atoms with Crippen LogP contribution in [-0.4, -0.2) is 49.0 Å². The van der Waals surface area contributed by atoms with Crippen molar-refractivity contribution in [2.24, 2.45) is 0 Å². The van der Waals surface area contributed by atoms with E-state index in [1.54, 1.807) is 19.1 Å². The number of nitrogens with two attached hydrogens (primary N) is 1. The summed E-state index contributed by atoms with van der Waals surface area (Å²) >= 11 is 1.47. The predicted molar refractivity (Wildman–Crippen MR) is 79.7 cm³/mol. The molecule has 0 aliphatic heterocycles. The number of rotatable bonds is 7. The molecule has 1 aromatic rings. The van der Waals surface area contributed by atoms with Crippen molar-refractivity contribution < 1.29 is 13.5 Å². The zero-order valence-corrected chi connectivity index (χ0v) is 12.7. The number of thioether (sulfide) groups is 1. The fourth-order valence-electron chi connectivity index (χ4n) is 1.47. The monoisotopic (exact) mass is 304 g/mol. The molecule has 0 aromatic heterocycles. The van der Waals surface area contributed by atoms with Gasteiger partial charge in [0.2, 0.25) is 10.0 Å². The van der Waals surface area contributed by atoms with Crippen molar-refractivity contribution in [1.82, 2.24) is 4.31 Å². The Hall–Kier alpha value is -0.760. The SMILES string of the molecule is CC(O)CN(C)S(=O)(=O)CCSc1ccc(N)cc1. The van der Waals surface area contributed by atoms with E-state index >= 15 is 0 Å². The number of hydrogen-bond acceptors (Lipinski definition) is 5. The first-order valence-electron chi connectivity index (χ1n) is 5.91. The molecule has 108 valence electrons. The first kappa shape index (κ1) is 16.3. The molecule has 0 aliphatic rings. The van der Waals surface area contributed by atoms with E-state index in [-0.39, 0.29) is 12.3 Å². The van der Waals surface area contributed by atoms with Gasteiger partial charge in [0, 0.05) is 29.9 Å². The zero-order chi connectivity index (χ0) is 14.5. The summed E-state index contributed by atoms with van der Waals surface area (Å²) in [7, 11) is -1.82. The van der Waals surface area contributed by atoms with Crippen LogP contribution >= 0.6 is 11.8 Å². The molecule has 0 saturated carbocycles. The molecule has 0 bridgehead atoms. The normalized spacial score (nSPS) is 13.7. The minimum atomic E-state index is -3.31. The zero-order valence-electron chi connectivity index (χ0n) is 11.1. The second kappa shape index (κ2) is 7.14. The number of hydrogen-bond donors (Lipinski definition) is 2. The first-order chi connectivity index (χ1) is 8.81. The van der Waals surface area contributed by atoms with Crippen LogP contribution in [0.25, 0.3) is 0 Å². The maximum atomic E-state index is 11.9. The van der Waals surface area contributed by atoms with Crippen LogP contribution in [0.5, 0.6) is 0 Å². The molecule has 1 rings (SSSR count). The number of benzene rings is 1. The van der Waals surface area contributed by atoms with Crippen LogP contribution in [0.2, 0.25) is 0 Å². The average molecular weight is 304 g/mol. The molecule has 1 unspecified atom stereocenters. The summed E-state index contributed by atoms with van der Waals surface area (Å²) in [6, 6.07) is 7.31. The molecule has 7 heteroatoms.